The summed E-state index contributed by atoms with van der Waals surface area (Å²) in [6.45, 7) is 6.83. The van der Waals surface area contributed by atoms with E-state index in [0.717, 1.165) is 5.56 Å². The Morgan fingerprint density at radius 3 is 2.59 bits per heavy atom. The molecule has 1 N–H and O–H groups in total. The average Bonchev–Trinajstić information content (AvgIpc) is 2.35. The Morgan fingerprint density at radius 2 is 2.05 bits per heavy atom. The van der Waals surface area contributed by atoms with E-state index in [1.165, 1.54) is 11.8 Å². The van der Waals surface area contributed by atoms with Gasteiger partial charge in [0.15, 0.2) is 0 Å². The number of aromatic nitrogens is 1. The molecule has 2 heterocycles. The predicted octanol–water partition coefficient (Wildman–Crippen LogP) is 2.87. The summed E-state index contributed by atoms with van der Waals surface area (Å²) in [5.41, 5.74) is -0.756. The van der Waals surface area contributed by atoms with Crippen LogP contribution < -0.4 is 0 Å². The van der Waals surface area contributed by atoms with Gasteiger partial charge in [-0.15, -0.1) is 0 Å². The third-order valence-corrected chi connectivity index (χ3v) is 3.76. The van der Waals surface area contributed by atoms with Crippen LogP contribution in [0.5, 0.6) is 0 Å². The third kappa shape index (κ3) is 3.16. The first-order chi connectivity index (χ1) is 10.0. The Morgan fingerprint density at radius 1 is 1.41 bits per heavy atom. The number of amides is 1. The zero-order valence-electron chi connectivity index (χ0n) is 13.0. The van der Waals surface area contributed by atoms with Gasteiger partial charge >= 0.3 is 12.1 Å². The van der Waals surface area contributed by atoms with Crippen LogP contribution >= 0.6 is 11.6 Å². The number of carboxylic acid groups (broad SMARTS) is 1. The molecule has 0 aliphatic carbocycles. The highest BCUT2D eigenvalue weighted by atomic mass is 35.5. The van der Waals surface area contributed by atoms with Gasteiger partial charge < -0.3 is 9.84 Å². The Bertz CT molecular complexity index is 626. The molecule has 0 aromatic carbocycles. The maximum Gasteiger partial charge on any atom is 0.411 e. The monoisotopic (exact) mass is 326 g/mol. The summed E-state index contributed by atoms with van der Waals surface area (Å²) in [7, 11) is 0. The number of carbonyl (C=O) groups is 2. The summed E-state index contributed by atoms with van der Waals surface area (Å²) in [5.74, 6) is -1.11. The first-order valence-corrected chi connectivity index (χ1v) is 7.29. The molecular formula is C15H19ClN2O4. The van der Waals surface area contributed by atoms with Crippen LogP contribution in [0.4, 0.5) is 4.79 Å². The molecule has 0 spiro atoms. The molecule has 1 aliphatic heterocycles. The second kappa shape index (κ2) is 5.43. The van der Waals surface area contributed by atoms with Crippen LogP contribution in [0, 0.1) is 0 Å². The summed E-state index contributed by atoms with van der Waals surface area (Å²) >= 11 is 5.87. The molecule has 1 aromatic heterocycles. The van der Waals surface area contributed by atoms with Crippen LogP contribution in [-0.2, 0) is 22.5 Å². The molecule has 2 rings (SSSR count). The standard InChI is InChI=1S/C15H19ClN2O4/c1-14(2,3)22-13(21)18-8-9-5-6-11(16)17-10(9)7-15(18,4)12(19)20/h5-6H,7-8H2,1-4H3,(H,19,20). The van der Waals surface area contributed by atoms with Crippen LogP contribution in [0.15, 0.2) is 12.1 Å². The molecule has 1 atom stereocenters. The number of carbonyl (C=O) groups excluding carboxylic acids is 1. The van der Waals surface area contributed by atoms with E-state index in [9.17, 15) is 14.7 Å². The van der Waals surface area contributed by atoms with Gasteiger partial charge in [0.1, 0.15) is 16.3 Å². The number of hydrogen-bond acceptors (Lipinski definition) is 4. The lowest BCUT2D eigenvalue weighted by Crippen LogP contribution is -2.59. The van der Waals surface area contributed by atoms with Crippen molar-refractivity contribution in [3.05, 3.63) is 28.5 Å². The van der Waals surface area contributed by atoms with E-state index in [1.807, 2.05) is 0 Å². The van der Waals surface area contributed by atoms with Gasteiger partial charge in [-0.05, 0) is 39.3 Å². The number of rotatable bonds is 1. The third-order valence-electron chi connectivity index (χ3n) is 3.54. The molecule has 0 radical (unpaired) electrons. The van der Waals surface area contributed by atoms with E-state index in [-0.39, 0.29) is 13.0 Å². The largest absolute Gasteiger partial charge is 0.479 e. The lowest BCUT2D eigenvalue weighted by atomic mass is 9.87. The Hall–Kier alpha value is -1.82. The van der Waals surface area contributed by atoms with Gasteiger partial charge in [-0.1, -0.05) is 17.7 Å². The highest BCUT2D eigenvalue weighted by Gasteiger charge is 2.47. The molecule has 0 bridgehead atoms. The van der Waals surface area contributed by atoms with Gasteiger partial charge in [0, 0.05) is 6.42 Å². The Kier molecular flexibility index (Phi) is 4.08. The zero-order chi connectivity index (χ0) is 16.7. The van der Waals surface area contributed by atoms with Crippen molar-refractivity contribution < 1.29 is 19.4 Å². The first kappa shape index (κ1) is 16.5. The predicted molar refractivity (Wildman–Crippen MR) is 80.8 cm³/mol. The molecule has 7 heteroatoms. The van der Waals surface area contributed by atoms with Crippen molar-refractivity contribution in [2.24, 2.45) is 0 Å². The molecule has 0 fully saturated rings. The van der Waals surface area contributed by atoms with E-state index >= 15 is 0 Å². The van der Waals surface area contributed by atoms with Crippen LogP contribution in [0.2, 0.25) is 5.15 Å². The SMILES string of the molecule is CC(C)(C)OC(=O)N1Cc2ccc(Cl)nc2CC1(C)C(=O)O. The number of ether oxygens (including phenoxy) is 1. The van der Waals surface area contributed by atoms with E-state index in [2.05, 4.69) is 4.98 Å². The van der Waals surface area contributed by atoms with Crippen molar-refractivity contribution in [1.29, 1.82) is 0 Å². The molecule has 1 aliphatic rings. The number of halogens is 1. The van der Waals surface area contributed by atoms with E-state index < -0.39 is 23.2 Å². The minimum atomic E-state index is -1.42. The van der Waals surface area contributed by atoms with Crippen molar-refractivity contribution in [3.63, 3.8) is 0 Å². The lowest BCUT2D eigenvalue weighted by Gasteiger charge is -2.42. The molecule has 1 unspecified atom stereocenters. The van der Waals surface area contributed by atoms with E-state index in [1.54, 1.807) is 32.9 Å². The summed E-state index contributed by atoms with van der Waals surface area (Å²) in [5, 5.41) is 9.90. The maximum absolute atomic E-state index is 12.4. The van der Waals surface area contributed by atoms with Crippen molar-refractivity contribution in [2.75, 3.05) is 0 Å². The van der Waals surface area contributed by atoms with Gasteiger partial charge in [-0.3, -0.25) is 4.90 Å². The van der Waals surface area contributed by atoms with Gasteiger partial charge in [0.05, 0.1) is 12.2 Å². The highest BCUT2D eigenvalue weighted by molar-refractivity contribution is 6.29. The summed E-state index contributed by atoms with van der Waals surface area (Å²) in [4.78, 5) is 29.6. The van der Waals surface area contributed by atoms with E-state index in [0.29, 0.717) is 10.8 Å². The van der Waals surface area contributed by atoms with E-state index in [4.69, 9.17) is 16.3 Å². The molecule has 0 saturated carbocycles. The molecular weight excluding hydrogens is 308 g/mol. The Labute approximate surface area is 134 Å². The lowest BCUT2D eigenvalue weighted by molar-refractivity contribution is -0.151. The smallest absolute Gasteiger partial charge is 0.411 e. The van der Waals surface area contributed by atoms with Gasteiger partial charge in [0.2, 0.25) is 0 Å². The van der Waals surface area contributed by atoms with Crippen molar-refractivity contribution in [2.45, 2.75) is 51.8 Å². The van der Waals surface area contributed by atoms with Gasteiger partial charge in [-0.25, -0.2) is 14.6 Å². The fourth-order valence-corrected chi connectivity index (χ4v) is 2.51. The van der Waals surface area contributed by atoms with Crippen molar-refractivity contribution in [3.8, 4) is 0 Å². The minimum absolute atomic E-state index is 0.0808. The van der Waals surface area contributed by atoms with Crippen LogP contribution in [0.3, 0.4) is 0 Å². The first-order valence-electron chi connectivity index (χ1n) is 6.91. The topological polar surface area (TPSA) is 79.7 Å². The van der Waals surface area contributed by atoms with Gasteiger partial charge in [-0.2, -0.15) is 0 Å². The second-order valence-electron chi connectivity index (χ2n) is 6.56. The number of hydrogen-bond donors (Lipinski definition) is 1. The molecule has 1 aromatic rings. The molecule has 120 valence electrons. The normalized spacial score (nSPS) is 21.2. The minimum Gasteiger partial charge on any atom is -0.479 e. The molecule has 6 nitrogen and oxygen atoms in total. The highest BCUT2D eigenvalue weighted by Crippen LogP contribution is 2.32. The summed E-state index contributed by atoms with van der Waals surface area (Å²) in [6.07, 6.45) is -0.574. The summed E-state index contributed by atoms with van der Waals surface area (Å²) < 4.78 is 5.34. The van der Waals surface area contributed by atoms with Crippen LogP contribution in [0.1, 0.15) is 39.0 Å². The Balaban J connectivity index is 2.41. The van der Waals surface area contributed by atoms with Crippen LogP contribution in [0.25, 0.3) is 0 Å². The van der Waals surface area contributed by atoms with Crippen molar-refractivity contribution >= 4 is 23.7 Å². The number of pyridine rings is 1. The number of carboxylic acids is 1. The quantitative estimate of drug-likeness (QED) is 0.803. The fraction of sp³-hybridized carbons (Fsp3) is 0.533. The average molecular weight is 327 g/mol. The maximum atomic E-state index is 12.4. The number of fused-ring (bicyclic) bond motifs is 1. The fourth-order valence-electron chi connectivity index (χ4n) is 2.34. The zero-order valence-corrected chi connectivity index (χ0v) is 13.8. The van der Waals surface area contributed by atoms with Crippen molar-refractivity contribution in [1.82, 2.24) is 9.88 Å². The van der Waals surface area contributed by atoms with Gasteiger partial charge in [0.25, 0.3) is 0 Å². The second-order valence-corrected chi connectivity index (χ2v) is 6.95. The molecule has 0 saturated heterocycles. The summed E-state index contributed by atoms with van der Waals surface area (Å²) in [6, 6.07) is 3.38. The van der Waals surface area contributed by atoms with Crippen LogP contribution in [-0.4, -0.2) is 38.2 Å². The molecule has 1 amide bonds. The molecule has 22 heavy (non-hydrogen) atoms. The number of nitrogens with zero attached hydrogens (tertiary/aromatic N) is 2. The number of aliphatic carboxylic acids is 1.